The molecule has 15 heavy (non-hydrogen) atoms. The Morgan fingerprint density at radius 1 is 1.33 bits per heavy atom. The van der Waals surface area contributed by atoms with E-state index < -0.39 is 0 Å². The van der Waals surface area contributed by atoms with Gasteiger partial charge in [0.25, 0.3) is 0 Å². The Labute approximate surface area is 105 Å². The highest BCUT2D eigenvalue weighted by Crippen LogP contribution is 2.30. The number of hydrogen-bond donors (Lipinski definition) is 0. The van der Waals surface area contributed by atoms with Crippen molar-refractivity contribution in [1.82, 2.24) is 0 Å². The van der Waals surface area contributed by atoms with Gasteiger partial charge in [0.15, 0.2) is 0 Å². The monoisotopic (exact) mass is 300 g/mol. The maximum absolute atomic E-state index is 12.1. The van der Waals surface area contributed by atoms with Crippen molar-refractivity contribution in [2.45, 2.75) is 13.8 Å². The van der Waals surface area contributed by atoms with Gasteiger partial charge in [0, 0.05) is 20.3 Å². The van der Waals surface area contributed by atoms with Crippen LogP contribution in [0.25, 0.3) is 0 Å². The minimum absolute atomic E-state index is 0.124. The summed E-state index contributed by atoms with van der Waals surface area (Å²) in [6, 6.07) is 1.99. The zero-order chi connectivity index (χ0) is 11.0. The second-order valence-electron chi connectivity index (χ2n) is 3.33. The Kier molecular flexibility index (Phi) is 3.09. The molecule has 0 N–H and O–H groups in total. The summed E-state index contributed by atoms with van der Waals surface area (Å²) in [5.41, 5.74) is 1.88. The van der Waals surface area contributed by atoms with E-state index in [1.54, 1.807) is 11.3 Å². The van der Waals surface area contributed by atoms with Crippen molar-refractivity contribution in [3.63, 3.8) is 0 Å². The van der Waals surface area contributed by atoms with Gasteiger partial charge in [-0.1, -0.05) is 0 Å². The molecule has 0 aliphatic rings. The maximum Gasteiger partial charge on any atom is 0.205 e. The van der Waals surface area contributed by atoms with E-state index in [0.717, 1.165) is 25.4 Å². The summed E-state index contributed by atoms with van der Waals surface area (Å²) in [5.74, 6) is 0.124. The highest BCUT2D eigenvalue weighted by Gasteiger charge is 2.17. The first-order valence-corrected chi connectivity index (χ1v) is 6.98. The predicted molar refractivity (Wildman–Crippen MR) is 69.2 cm³/mol. The fraction of sp³-hybridized carbons (Fsp3) is 0.182. The molecule has 0 unspecified atom stereocenters. The zero-order valence-electron chi connectivity index (χ0n) is 8.33. The number of halogens is 1. The Morgan fingerprint density at radius 2 is 2.07 bits per heavy atom. The third-order valence-corrected chi connectivity index (χ3v) is 4.91. The molecular weight excluding hydrogens is 292 g/mol. The lowest BCUT2D eigenvalue weighted by atomic mass is 10.1. The summed E-state index contributed by atoms with van der Waals surface area (Å²) in [6.07, 6.45) is 0. The van der Waals surface area contributed by atoms with Gasteiger partial charge in [-0.05, 0) is 46.8 Å². The Morgan fingerprint density at radius 3 is 2.53 bits per heavy atom. The van der Waals surface area contributed by atoms with Gasteiger partial charge in [0.2, 0.25) is 5.78 Å². The second-order valence-corrected chi connectivity index (χ2v) is 6.19. The van der Waals surface area contributed by atoms with Crippen LogP contribution in [-0.4, -0.2) is 5.78 Å². The minimum Gasteiger partial charge on any atom is -0.288 e. The molecule has 0 amide bonds. The van der Waals surface area contributed by atoms with E-state index >= 15 is 0 Å². The van der Waals surface area contributed by atoms with Crippen molar-refractivity contribution < 1.29 is 4.79 Å². The summed E-state index contributed by atoms with van der Waals surface area (Å²) in [6.45, 7) is 3.98. The van der Waals surface area contributed by atoms with Crippen molar-refractivity contribution in [2.75, 3.05) is 0 Å². The van der Waals surface area contributed by atoms with E-state index in [4.69, 9.17) is 0 Å². The van der Waals surface area contributed by atoms with Crippen molar-refractivity contribution >= 4 is 44.4 Å². The number of hydrogen-bond acceptors (Lipinski definition) is 3. The number of carbonyl (C=O) groups is 1. The highest BCUT2D eigenvalue weighted by molar-refractivity contribution is 9.10. The van der Waals surface area contributed by atoms with Gasteiger partial charge in [-0.3, -0.25) is 4.79 Å². The van der Waals surface area contributed by atoms with Gasteiger partial charge in [-0.25, -0.2) is 0 Å². The standard InChI is InChI=1S/C11H9BrOS2/c1-6-4-14-5-8(6)10(13)11-9(12)3-7(2)15-11/h3-5H,1-2H3. The Bertz CT molecular complexity index is 510. The van der Waals surface area contributed by atoms with Crippen LogP contribution in [0.2, 0.25) is 0 Å². The van der Waals surface area contributed by atoms with Crippen LogP contribution in [-0.2, 0) is 0 Å². The van der Waals surface area contributed by atoms with Gasteiger partial charge in [-0.15, -0.1) is 11.3 Å². The van der Waals surface area contributed by atoms with E-state index in [2.05, 4.69) is 15.9 Å². The van der Waals surface area contributed by atoms with Crippen LogP contribution in [0.3, 0.4) is 0 Å². The van der Waals surface area contributed by atoms with Crippen LogP contribution in [0.5, 0.6) is 0 Å². The lowest BCUT2D eigenvalue weighted by Crippen LogP contribution is -1.99. The first-order valence-electron chi connectivity index (χ1n) is 4.43. The van der Waals surface area contributed by atoms with Crippen molar-refractivity contribution in [3.8, 4) is 0 Å². The molecule has 2 rings (SSSR count). The fourth-order valence-corrected chi connectivity index (χ4v) is 3.96. The predicted octanol–water partition coefficient (Wildman–Crippen LogP) is 4.42. The lowest BCUT2D eigenvalue weighted by Gasteiger charge is -1.97. The maximum atomic E-state index is 12.1. The molecule has 0 fully saturated rings. The first-order chi connectivity index (χ1) is 7.09. The van der Waals surface area contributed by atoms with Crippen LogP contribution >= 0.6 is 38.6 Å². The molecule has 0 saturated heterocycles. The van der Waals surface area contributed by atoms with Crippen molar-refractivity contribution in [1.29, 1.82) is 0 Å². The molecule has 1 nitrogen and oxygen atoms in total. The molecule has 0 aliphatic carbocycles. The van der Waals surface area contributed by atoms with Gasteiger partial charge in [-0.2, -0.15) is 11.3 Å². The summed E-state index contributed by atoms with van der Waals surface area (Å²) in [4.78, 5) is 14.1. The number of rotatable bonds is 2. The number of thiophene rings is 2. The molecule has 0 spiro atoms. The van der Waals surface area contributed by atoms with Crippen LogP contribution in [0, 0.1) is 13.8 Å². The molecule has 0 saturated carbocycles. The average molecular weight is 301 g/mol. The van der Waals surface area contributed by atoms with Gasteiger partial charge >= 0.3 is 0 Å². The Balaban J connectivity index is 2.45. The third-order valence-electron chi connectivity index (χ3n) is 2.12. The fourth-order valence-electron chi connectivity index (χ4n) is 1.35. The molecular formula is C11H9BrOS2. The number of aryl methyl sites for hydroxylation is 2. The van der Waals surface area contributed by atoms with Crippen molar-refractivity contribution in [3.05, 3.63) is 42.2 Å². The zero-order valence-corrected chi connectivity index (χ0v) is 11.6. The van der Waals surface area contributed by atoms with Crippen LogP contribution < -0.4 is 0 Å². The topological polar surface area (TPSA) is 17.1 Å². The van der Waals surface area contributed by atoms with Crippen molar-refractivity contribution in [2.24, 2.45) is 0 Å². The summed E-state index contributed by atoms with van der Waals surface area (Å²) in [7, 11) is 0. The molecule has 2 heterocycles. The Hall–Kier alpha value is -0.450. The molecule has 0 bridgehead atoms. The van der Waals surface area contributed by atoms with E-state index in [0.29, 0.717) is 0 Å². The van der Waals surface area contributed by atoms with Crippen LogP contribution in [0.15, 0.2) is 21.3 Å². The molecule has 0 atom stereocenters. The SMILES string of the molecule is Cc1cc(Br)c(C(=O)c2cscc2C)s1. The van der Waals surface area contributed by atoms with E-state index in [-0.39, 0.29) is 5.78 Å². The van der Waals surface area contributed by atoms with Crippen LogP contribution in [0.1, 0.15) is 25.7 Å². The molecule has 4 heteroatoms. The van der Waals surface area contributed by atoms with Gasteiger partial charge in [0.05, 0.1) is 4.88 Å². The minimum atomic E-state index is 0.124. The summed E-state index contributed by atoms with van der Waals surface area (Å²) in [5, 5.41) is 3.92. The summed E-state index contributed by atoms with van der Waals surface area (Å²) < 4.78 is 0.903. The molecule has 2 aromatic heterocycles. The number of carbonyl (C=O) groups excluding carboxylic acids is 1. The van der Waals surface area contributed by atoms with Crippen LogP contribution in [0.4, 0.5) is 0 Å². The normalized spacial score (nSPS) is 10.6. The van der Waals surface area contributed by atoms with Gasteiger partial charge < -0.3 is 0 Å². The smallest absolute Gasteiger partial charge is 0.205 e. The number of ketones is 1. The van der Waals surface area contributed by atoms with E-state index in [1.165, 1.54) is 11.3 Å². The molecule has 2 aromatic rings. The van der Waals surface area contributed by atoms with E-state index in [9.17, 15) is 4.79 Å². The summed E-state index contributed by atoms with van der Waals surface area (Å²) >= 11 is 6.53. The second kappa shape index (κ2) is 4.20. The largest absolute Gasteiger partial charge is 0.288 e. The quantitative estimate of drug-likeness (QED) is 0.750. The highest BCUT2D eigenvalue weighted by atomic mass is 79.9. The first kappa shape index (κ1) is 11.0. The molecule has 78 valence electrons. The lowest BCUT2D eigenvalue weighted by molar-refractivity contribution is 0.104. The van der Waals surface area contributed by atoms with E-state index in [1.807, 2.05) is 30.7 Å². The van der Waals surface area contributed by atoms with Gasteiger partial charge in [0.1, 0.15) is 0 Å². The molecule has 0 aromatic carbocycles. The molecule has 0 radical (unpaired) electrons. The average Bonchev–Trinajstić information content (AvgIpc) is 2.71. The molecule has 0 aliphatic heterocycles. The third kappa shape index (κ3) is 2.07.